The fraction of sp³-hybridized carbons (Fsp3) is 0.786. The van der Waals surface area contributed by atoms with E-state index in [0.717, 1.165) is 6.54 Å². The SMILES string of the molecule is CCNc1nc(NC2CCCCCC2C)nc(OC)n1. The minimum Gasteiger partial charge on any atom is -0.467 e. The molecule has 1 fully saturated rings. The molecule has 0 radical (unpaired) electrons. The smallest absolute Gasteiger partial charge is 0.322 e. The number of hydrogen-bond donors (Lipinski definition) is 2. The zero-order valence-electron chi connectivity index (χ0n) is 12.6. The minimum absolute atomic E-state index is 0.347. The van der Waals surface area contributed by atoms with E-state index in [2.05, 4.69) is 32.5 Å². The minimum atomic E-state index is 0.347. The first-order valence-electron chi connectivity index (χ1n) is 7.53. The number of methoxy groups -OCH3 is 1. The van der Waals surface area contributed by atoms with Crippen LogP contribution in [0.25, 0.3) is 0 Å². The van der Waals surface area contributed by atoms with Crippen LogP contribution in [0.15, 0.2) is 0 Å². The summed E-state index contributed by atoms with van der Waals surface area (Å²) >= 11 is 0. The molecule has 6 nitrogen and oxygen atoms in total. The van der Waals surface area contributed by atoms with E-state index in [0.29, 0.717) is 29.9 Å². The lowest BCUT2D eigenvalue weighted by atomic mass is 9.97. The molecular formula is C14H25N5O. The van der Waals surface area contributed by atoms with Gasteiger partial charge in [0.25, 0.3) is 0 Å². The zero-order valence-corrected chi connectivity index (χ0v) is 12.6. The highest BCUT2D eigenvalue weighted by atomic mass is 16.5. The number of ether oxygens (including phenoxy) is 1. The van der Waals surface area contributed by atoms with Crippen molar-refractivity contribution in [2.24, 2.45) is 5.92 Å². The molecule has 1 aromatic heterocycles. The molecule has 0 aromatic carbocycles. The number of aromatic nitrogens is 3. The quantitative estimate of drug-likeness (QED) is 0.807. The lowest BCUT2D eigenvalue weighted by Crippen LogP contribution is -2.27. The predicted molar refractivity (Wildman–Crippen MR) is 80.2 cm³/mol. The van der Waals surface area contributed by atoms with Gasteiger partial charge in [0, 0.05) is 12.6 Å². The Balaban J connectivity index is 2.12. The van der Waals surface area contributed by atoms with Crippen molar-refractivity contribution in [2.45, 2.75) is 52.0 Å². The molecule has 2 unspecified atom stereocenters. The van der Waals surface area contributed by atoms with Crippen molar-refractivity contribution in [3.8, 4) is 6.01 Å². The molecule has 0 amide bonds. The van der Waals surface area contributed by atoms with Crippen LogP contribution in [0.4, 0.5) is 11.9 Å². The Morgan fingerprint density at radius 2 is 1.85 bits per heavy atom. The Bertz CT molecular complexity index is 426. The predicted octanol–water partition coefficient (Wildman–Crippen LogP) is 2.69. The molecule has 1 aliphatic carbocycles. The first-order chi connectivity index (χ1) is 9.72. The van der Waals surface area contributed by atoms with Gasteiger partial charge in [0.15, 0.2) is 0 Å². The molecule has 0 saturated heterocycles. The Morgan fingerprint density at radius 3 is 2.60 bits per heavy atom. The van der Waals surface area contributed by atoms with Crippen molar-refractivity contribution >= 4 is 11.9 Å². The van der Waals surface area contributed by atoms with Crippen molar-refractivity contribution in [2.75, 3.05) is 24.3 Å². The van der Waals surface area contributed by atoms with Gasteiger partial charge in [0.1, 0.15) is 0 Å². The Morgan fingerprint density at radius 1 is 1.10 bits per heavy atom. The highest BCUT2D eigenvalue weighted by Gasteiger charge is 2.21. The molecule has 1 aromatic rings. The molecule has 0 bridgehead atoms. The van der Waals surface area contributed by atoms with Crippen LogP contribution < -0.4 is 15.4 Å². The van der Waals surface area contributed by atoms with Gasteiger partial charge in [-0.1, -0.05) is 26.2 Å². The van der Waals surface area contributed by atoms with Crippen LogP contribution in [-0.2, 0) is 0 Å². The van der Waals surface area contributed by atoms with Crippen molar-refractivity contribution in [3.05, 3.63) is 0 Å². The first kappa shape index (κ1) is 14.8. The molecule has 2 N–H and O–H groups in total. The summed E-state index contributed by atoms with van der Waals surface area (Å²) in [6.07, 6.45) is 6.35. The molecular weight excluding hydrogens is 254 g/mol. The van der Waals surface area contributed by atoms with Gasteiger partial charge in [0.2, 0.25) is 11.9 Å². The second kappa shape index (κ2) is 7.26. The molecule has 112 valence electrons. The van der Waals surface area contributed by atoms with Crippen molar-refractivity contribution in [1.82, 2.24) is 15.0 Å². The van der Waals surface area contributed by atoms with E-state index in [1.807, 2.05) is 6.92 Å². The van der Waals surface area contributed by atoms with Crippen molar-refractivity contribution in [3.63, 3.8) is 0 Å². The highest BCUT2D eigenvalue weighted by Crippen LogP contribution is 2.25. The molecule has 0 spiro atoms. The van der Waals surface area contributed by atoms with Gasteiger partial charge in [-0.15, -0.1) is 0 Å². The van der Waals surface area contributed by atoms with Crippen LogP contribution in [-0.4, -0.2) is 34.6 Å². The van der Waals surface area contributed by atoms with Crippen LogP contribution in [0.1, 0.15) is 46.0 Å². The standard InChI is InChI=1S/C14H25N5O/c1-4-15-12-17-13(19-14(18-12)20-3)16-11-9-7-5-6-8-10(11)2/h10-11H,4-9H2,1-3H3,(H2,15,16,17,18,19). The number of nitrogens with zero attached hydrogens (tertiary/aromatic N) is 3. The van der Waals surface area contributed by atoms with Crippen LogP contribution >= 0.6 is 0 Å². The normalized spacial score (nSPS) is 22.9. The van der Waals surface area contributed by atoms with Gasteiger partial charge in [-0.3, -0.25) is 0 Å². The van der Waals surface area contributed by atoms with Crippen molar-refractivity contribution < 1.29 is 4.74 Å². The topological polar surface area (TPSA) is 72.0 Å². The summed E-state index contributed by atoms with van der Waals surface area (Å²) < 4.78 is 5.14. The van der Waals surface area contributed by atoms with Gasteiger partial charge < -0.3 is 15.4 Å². The summed E-state index contributed by atoms with van der Waals surface area (Å²) in [6.45, 7) is 5.08. The molecule has 2 rings (SSSR count). The number of rotatable bonds is 5. The summed E-state index contributed by atoms with van der Waals surface area (Å²) in [7, 11) is 1.57. The average Bonchev–Trinajstić information content (AvgIpc) is 2.64. The van der Waals surface area contributed by atoms with E-state index in [1.165, 1.54) is 32.1 Å². The fourth-order valence-electron chi connectivity index (χ4n) is 2.62. The van der Waals surface area contributed by atoms with E-state index in [4.69, 9.17) is 4.74 Å². The number of nitrogens with one attached hydrogen (secondary N) is 2. The average molecular weight is 279 g/mol. The molecule has 1 aliphatic rings. The van der Waals surface area contributed by atoms with Crippen LogP contribution in [0.2, 0.25) is 0 Å². The second-order valence-corrected chi connectivity index (χ2v) is 5.37. The molecule has 6 heteroatoms. The third kappa shape index (κ3) is 3.95. The van der Waals surface area contributed by atoms with Crippen LogP contribution in [0, 0.1) is 5.92 Å². The van der Waals surface area contributed by atoms with Crippen LogP contribution in [0.3, 0.4) is 0 Å². The summed E-state index contributed by atoms with van der Waals surface area (Å²) in [5.41, 5.74) is 0. The number of anilines is 2. The van der Waals surface area contributed by atoms with E-state index in [9.17, 15) is 0 Å². The fourth-order valence-corrected chi connectivity index (χ4v) is 2.62. The highest BCUT2D eigenvalue weighted by molar-refractivity contribution is 5.36. The Kier molecular flexibility index (Phi) is 5.38. The summed E-state index contributed by atoms with van der Waals surface area (Å²) in [4.78, 5) is 12.9. The summed E-state index contributed by atoms with van der Waals surface area (Å²) in [6, 6.07) is 0.777. The van der Waals surface area contributed by atoms with E-state index < -0.39 is 0 Å². The molecule has 0 aliphatic heterocycles. The zero-order chi connectivity index (χ0) is 14.4. The van der Waals surface area contributed by atoms with Gasteiger partial charge in [-0.2, -0.15) is 15.0 Å². The Labute approximate surface area is 120 Å². The van der Waals surface area contributed by atoms with E-state index in [-0.39, 0.29) is 0 Å². The van der Waals surface area contributed by atoms with Crippen molar-refractivity contribution in [1.29, 1.82) is 0 Å². The number of hydrogen-bond acceptors (Lipinski definition) is 6. The molecule has 1 saturated carbocycles. The third-order valence-electron chi connectivity index (χ3n) is 3.81. The lowest BCUT2D eigenvalue weighted by Gasteiger charge is -2.22. The summed E-state index contributed by atoms with van der Waals surface area (Å²) in [5.74, 6) is 1.80. The van der Waals surface area contributed by atoms with E-state index in [1.54, 1.807) is 7.11 Å². The maximum atomic E-state index is 5.14. The van der Waals surface area contributed by atoms with Gasteiger partial charge in [0.05, 0.1) is 7.11 Å². The maximum absolute atomic E-state index is 5.14. The molecule has 2 atom stereocenters. The monoisotopic (exact) mass is 279 g/mol. The lowest BCUT2D eigenvalue weighted by molar-refractivity contribution is 0.378. The van der Waals surface area contributed by atoms with E-state index >= 15 is 0 Å². The van der Waals surface area contributed by atoms with Gasteiger partial charge >= 0.3 is 6.01 Å². The van der Waals surface area contributed by atoms with Crippen LogP contribution in [0.5, 0.6) is 6.01 Å². The van der Waals surface area contributed by atoms with Gasteiger partial charge in [-0.05, 0) is 25.7 Å². The third-order valence-corrected chi connectivity index (χ3v) is 3.81. The van der Waals surface area contributed by atoms with Gasteiger partial charge in [-0.25, -0.2) is 0 Å². The Hall–Kier alpha value is -1.59. The molecule has 20 heavy (non-hydrogen) atoms. The first-order valence-corrected chi connectivity index (χ1v) is 7.53. The summed E-state index contributed by atoms with van der Waals surface area (Å²) in [5, 5.41) is 6.56. The maximum Gasteiger partial charge on any atom is 0.322 e. The second-order valence-electron chi connectivity index (χ2n) is 5.37. The molecule has 1 heterocycles. The largest absolute Gasteiger partial charge is 0.467 e.